The lowest BCUT2D eigenvalue weighted by Crippen LogP contribution is -2.59. The first-order valence-electron chi connectivity index (χ1n) is 11.4. The second kappa shape index (κ2) is 8.72. The van der Waals surface area contributed by atoms with Crippen molar-refractivity contribution in [2.24, 2.45) is 0 Å². The summed E-state index contributed by atoms with van der Waals surface area (Å²) in [5.41, 5.74) is 3.98. The molecule has 4 rings (SSSR count). The van der Waals surface area contributed by atoms with Crippen LogP contribution in [0.5, 0.6) is 0 Å². The van der Waals surface area contributed by atoms with E-state index < -0.39 is 11.8 Å². The number of carbonyl (C=O) groups is 1. The highest BCUT2D eigenvalue weighted by molar-refractivity contribution is 5.90. The van der Waals surface area contributed by atoms with Crippen LogP contribution in [0.25, 0.3) is 0 Å². The first-order chi connectivity index (χ1) is 15.2. The molecule has 1 fully saturated rings. The normalized spacial score (nSPS) is 24.8. The van der Waals surface area contributed by atoms with Crippen LogP contribution in [0.3, 0.4) is 0 Å². The zero-order chi connectivity index (χ0) is 22.9. The molecule has 1 saturated heterocycles. The van der Waals surface area contributed by atoms with E-state index in [1.165, 1.54) is 5.56 Å². The topological polar surface area (TPSA) is 50.8 Å². The molecular weight excluding hydrogens is 400 g/mol. The molecule has 1 amide bonds. The third-order valence-corrected chi connectivity index (χ3v) is 6.60. The summed E-state index contributed by atoms with van der Waals surface area (Å²) in [5, 5.41) is 2.90. The molecule has 0 unspecified atom stereocenters. The molecule has 170 valence electrons. The Morgan fingerprint density at radius 3 is 2.56 bits per heavy atom. The van der Waals surface area contributed by atoms with Crippen LogP contribution in [0.1, 0.15) is 57.4 Å². The van der Waals surface area contributed by atoms with Crippen LogP contribution in [0.4, 0.5) is 0 Å². The Morgan fingerprint density at radius 2 is 1.91 bits per heavy atom. The van der Waals surface area contributed by atoms with Crippen molar-refractivity contribution < 1.29 is 14.3 Å². The Kier molecular flexibility index (Phi) is 6.15. The molecule has 5 heteroatoms. The van der Waals surface area contributed by atoms with Crippen LogP contribution in [0, 0.1) is 0 Å². The number of carbonyl (C=O) groups excluding carboxylic acids is 1. The monoisotopic (exact) mass is 434 g/mol. The van der Waals surface area contributed by atoms with E-state index in [4.69, 9.17) is 9.47 Å². The third-order valence-electron chi connectivity index (χ3n) is 6.60. The molecule has 0 aliphatic carbocycles. The highest BCUT2D eigenvalue weighted by atomic mass is 16.7. The minimum absolute atomic E-state index is 0.0493. The molecule has 0 saturated carbocycles. The maximum Gasteiger partial charge on any atom is 0.246 e. The molecule has 2 aromatic rings. The van der Waals surface area contributed by atoms with Crippen molar-refractivity contribution in [2.75, 3.05) is 19.7 Å². The van der Waals surface area contributed by atoms with Crippen LogP contribution >= 0.6 is 0 Å². The molecule has 3 atom stereocenters. The summed E-state index contributed by atoms with van der Waals surface area (Å²) >= 11 is 0. The van der Waals surface area contributed by atoms with E-state index in [1.807, 2.05) is 18.2 Å². The van der Waals surface area contributed by atoms with Crippen molar-refractivity contribution in [2.45, 2.75) is 58.0 Å². The molecule has 2 aliphatic rings. The average Bonchev–Trinajstić information content (AvgIpc) is 3.21. The lowest BCUT2D eigenvalue weighted by atomic mass is 9.85. The van der Waals surface area contributed by atoms with Crippen molar-refractivity contribution >= 4 is 5.91 Å². The van der Waals surface area contributed by atoms with E-state index in [1.54, 1.807) is 6.08 Å². The number of hydrogen-bond donors (Lipinski definition) is 1. The van der Waals surface area contributed by atoms with Crippen molar-refractivity contribution in [1.82, 2.24) is 10.2 Å². The minimum Gasteiger partial charge on any atom is -0.357 e. The van der Waals surface area contributed by atoms with E-state index in [-0.39, 0.29) is 17.4 Å². The summed E-state index contributed by atoms with van der Waals surface area (Å²) in [7, 11) is 0. The molecule has 0 radical (unpaired) electrons. The standard InChI is InChI=1S/C27H34N2O3/c1-19(20-10-9-13-22(16-20)26(2,3)4)32-25-27(5,21-11-7-6-8-12-21)29(14-15-31-25)23-17-24(30)28-18-23/h6-13,16-17,19,25H,14-15,18H2,1-5H3,(H,28,30)/t19-,25-,27+/m1/s1. The number of ether oxygens (including phenoxy) is 2. The van der Waals surface area contributed by atoms with E-state index in [0.717, 1.165) is 16.8 Å². The zero-order valence-corrected chi connectivity index (χ0v) is 19.7. The van der Waals surface area contributed by atoms with E-state index >= 15 is 0 Å². The van der Waals surface area contributed by atoms with Crippen LogP contribution in [-0.2, 0) is 25.2 Å². The van der Waals surface area contributed by atoms with Gasteiger partial charge in [0.25, 0.3) is 0 Å². The maximum atomic E-state index is 11.9. The van der Waals surface area contributed by atoms with Gasteiger partial charge in [0.2, 0.25) is 5.91 Å². The fourth-order valence-corrected chi connectivity index (χ4v) is 4.58. The Hall–Kier alpha value is -2.63. The van der Waals surface area contributed by atoms with Crippen molar-refractivity contribution in [3.05, 3.63) is 83.1 Å². The van der Waals surface area contributed by atoms with Crippen molar-refractivity contribution in [3.63, 3.8) is 0 Å². The zero-order valence-electron chi connectivity index (χ0n) is 19.7. The van der Waals surface area contributed by atoms with Gasteiger partial charge in [-0.25, -0.2) is 0 Å². The number of amides is 1. The number of rotatable bonds is 5. The van der Waals surface area contributed by atoms with Crippen LogP contribution in [0.2, 0.25) is 0 Å². The lowest BCUT2D eigenvalue weighted by molar-refractivity contribution is -0.257. The lowest BCUT2D eigenvalue weighted by Gasteiger charge is -2.51. The summed E-state index contributed by atoms with van der Waals surface area (Å²) in [6.07, 6.45) is 1.05. The Labute approximate surface area is 191 Å². The first-order valence-corrected chi connectivity index (χ1v) is 11.4. The SMILES string of the molecule is C[C@@H](O[C@H]1OCCN(C2=CC(=O)NC2)[C@@]1(C)c1ccccc1)c1cccc(C(C)(C)C)c1. The van der Waals surface area contributed by atoms with Crippen LogP contribution in [-0.4, -0.2) is 36.8 Å². The molecule has 2 aliphatic heterocycles. The van der Waals surface area contributed by atoms with Gasteiger partial charge in [0.05, 0.1) is 19.3 Å². The largest absolute Gasteiger partial charge is 0.357 e. The van der Waals surface area contributed by atoms with Gasteiger partial charge in [0, 0.05) is 18.3 Å². The van der Waals surface area contributed by atoms with E-state index in [2.05, 4.69) is 81.2 Å². The summed E-state index contributed by atoms with van der Waals surface area (Å²) < 4.78 is 12.9. The average molecular weight is 435 g/mol. The number of morpholine rings is 1. The fraction of sp³-hybridized carbons (Fsp3) is 0.444. The number of nitrogens with one attached hydrogen (secondary N) is 1. The molecule has 1 N–H and O–H groups in total. The van der Waals surface area contributed by atoms with Crippen molar-refractivity contribution in [3.8, 4) is 0 Å². The molecule has 5 nitrogen and oxygen atoms in total. The summed E-state index contributed by atoms with van der Waals surface area (Å²) in [4.78, 5) is 14.2. The quantitative estimate of drug-likeness (QED) is 0.744. The predicted molar refractivity (Wildman–Crippen MR) is 126 cm³/mol. The molecule has 0 bridgehead atoms. The van der Waals surface area contributed by atoms with Gasteiger partial charge in [-0.05, 0) is 36.0 Å². The molecule has 2 heterocycles. The molecule has 32 heavy (non-hydrogen) atoms. The minimum atomic E-state index is -0.576. The second-order valence-electron chi connectivity index (χ2n) is 9.88. The van der Waals surface area contributed by atoms with Gasteiger partial charge in [-0.15, -0.1) is 0 Å². The Morgan fingerprint density at radius 1 is 1.16 bits per heavy atom. The predicted octanol–water partition coefficient (Wildman–Crippen LogP) is 4.65. The highest BCUT2D eigenvalue weighted by Gasteiger charge is 2.48. The maximum absolute atomic E-state index is 11.9. The number of hydrogen-bond acceptors (Lipinski definition) is 4. The second-order valence-corrected chi connectivity index (χ2v) is 9.88. The van der Waals surface area contributed by atoms with Gasteiger partial charge < -0.3 is 19.7 Å². The molecular formula is C27H34N2O3. The highest BCUT2D eigenvalue weighted by Crippen LogP contribution is 2.41. The molecule has 0 aromatic heterocycles. The van der Waals surface area contributed by atoms with Gasteiger partial charge in [-0.3, -0.25) is 4.79 Å². The molecule has 2 aromatic carbocycles. The summed E-state index contributed by atoms with van der Waals surface area (Å²) in [5.74, 6) is -0.0493. The van der Waals surface area contributed by atoms with Crippen LogP contribution in [0.15, 0.2) is 66.4 Å². The van der Waals surface area contributed by atoms with Crippen LogP contribution < -0.4 is 5.32 Å². The smallest absolute Gasteiger partial charge is 0.246 e. The summed E-state index contributed by atoms with van der Waals surface area (Å²) in [6.45, 7) is 12.6. The van der Waals surface area contributed by atoms with E-state index in [9.17, 15) is 4.79 Å². The number of nitrogens with zero attached hydrogens (tertiary/aromatic N) is 1. The Balaban J connectivity index is 1.67. The first kappa shape index (κ1) is 22.6. The van der Waals surface area contributed by atoms with Crippen molar-refractivity contribution in [1.29, 1.82) is 0 Å². The van der Waals surface area contributed by atoms with Gasteiger partial charge in [0.1, 0.15) is 5.54 Å². The molecule has 0 spiro atoms. The van der Waals surface area contributed by atoms with E-state index in [0.29, 0.717) is 19.7 Å². The Bertz CT molecular complexity index is 995. The summed E-state index contributed by atoms with van der Waals surface area (Å²) in [6, 6.07) is 18.9. The van der Waals surface area contributed by atoms with Gasteiger partial charge in [-0.1, -0.05) is 75.4 Å². The third kappa shape index (κ3) is 4.32. The van der Waals surface area contributed by atoms with Gasteiger partial charge in [0.15, 0.2) is 6.29 Å². The fourth-order valence-electron chi connectivity index (χ4n) is 4.58. The van der Waals surface area contributed by atoms with Gasteiger partial charge in [-0.2, -0.15) is 0 Å². The number of benzene rings is 2. The van der Waals surface area contributed by atoms with Gasteiger partial charge >= 0.3 is 0 Å².